The Kier molecular flexibility index (Phi) is 9.72. The third-order valence-corrected chi connectivity index (χ3v) is 8.68. The Balaban J connectivity index is 1.21. The summed E-state index contributed by atoms with van der Waals surface area (Å²) in [5.74, 6) is -0.279. The number of carbonyl (C=O) groups is 2. The van der Waals surface area contributed by atoms with Crippen LogP contribution in [0.25, 0.3) is 0 Å². The Hall–Kier alpha value is -4.54. The van der Waals surface area contributed by atoms with Gasteiger partial charge in [0.1, 0.15) is 12.2 Å². The zero-order valence-electron chi connectivity index (χ0n) is 24.7. The van der Waals surface area contributed by atoms with Crippen LogP contribution in [0, 0.1) is 16.0 Å². The van der Waals surface area contributed by atoms with Gasteiger partial charge < -0.3 is 24.5 Å². The SMILES string of the molecule is C=CCN(C(=O)OCc1ccc([N+](=O)[O-])cc1)C1CCN(C[C@@H]2CN(C(=O)c3ccccc3)C[C@@]2(O)c2ccccc2)CC1. The van der Waals surface area contributed by atoms with E-state index < -0.39 is 16.6 Å². The predicted molar refractivity (Wildman–Crippen MR) is 166 cm³/mol. The lowest BCUT2D eigenvalue weighted by atomic mass is 9.83. The summed E-state index contributed by atoms with van der Waals surface area (Å²) < 4.78 is 5.56. The number of nitro benzene ring substituents is 1. The van der Waals surface area contributed by atoms with Gasteiger partial charge in [0.2, 0.25) is 0 Å². The van der Waals surface area contributed by atoms with Crippen LogP contribution >= 0.6 is 0 Å². The van der Waals surface area contributed by atoms with Gasteiger partial charge in [-0.15, -0.1) is 6.58 Å². The van der Waals surface area contributed by atoms with Crippen LogP contribution in [-0.4, -0.2) is 82.0 Å². The predicted octanol–water partition coefficient (Wildman–Crippen LogP) is 4.84. The van der Waals surface area contributed by atoms with E-state index in [1.54, 1.807) is 40.1 Å². The summed E-state index contributed by atoms with van der Waals surface area (Å²) in [5.41, 5.74) is 0.873. The third kappa shape index (κ3) is 6.98. The monoisotopic (exact) mass is 598 g/mol. The number of hydrogen-bond donors (Lipinski definition) is 1. The largest absolute Gasteiger partial charge is 0.445 e. The minimum Gasteiger partial charge on any atom is -0.445 e. The first kappa shape index (κ1) is 30.9. The summed E-state index contributed by atoms with van der Waals surface area (Å²) in [4.78, 5) is 42.6. The highest BCUT2D eigenvalue weighted by molar-refractivity contribution is 5.94. The number of non-ortho nitro benzene ring substituents is 1. The lowest BCUT2D eigenvalue weighted by Crippen LogP contribution is -2.50. The highest BCUT2D eigenvalue weighted by atomic mass is 16.6. The molecule has 1 N–H and O–H groups in total. The molecular weight excluding hydrogens is 560 g/mol. The van der Waals surface area contributed by atoms with Gasteiger partial charge in [0.05, 0.1) is 11.5 Å². The number of ether oxygens (including phenoxy) is 1. The fraction of sp³-hybridized carbons (Fsp3) is 0.353. The van der Waals surface area contributed by atoms with Gasteiger partial charge in [-0.05, 0) is 48.2 Å². The molecule has 0 aromatic heterocycles. The van der Waals surface area contributed by atoms with E-state index in [1.807, 2.05) is 48.5 Å². The maximum Gasteiger partial charge on any atom is 0.410 e. The third-order valence-electron chi connectivity index (χ3n) is 8.68. The van der Waals surface area contributed by atoms with Crippen molar-refractivity contribution in [1.29, 1.82) is 0 Å². The first-order valence-electron chi connectivity index (χ1n) is 14.9. The second-order valence-electron chi connectivity index (χ2n) is 11.5. The molecule has 2 atom stereocenters. The Morgan fingerprint density at radius 2 is 1.66 bits per heavy atom. The maximum atomic E-state index is 13.3. The summed E-state index contributed by atoms with van der Waals surface area (Å²) in [6.45, 7) is 6.89. The fourth-order valence-electron chi connectivity index (χ4n) is 6.26. The number of nitrogens with zero attached hydrogens (tertiary/aromatic N) is 4. The molecule has 10 nitrogen and oxygen atoms in total. The quantitative estimate of drug-likeness (QED) is 0.202. The molecule has 2 amide bonds. The van der Waals surface area contributed by atoms with Crippen molar-refractivity contribution in [3.63, 3.8) is 0 Å². The first-order valence-corrected chi connectivity index (χ1v) is 14.9. The molecule has 3 aromatic carbocycles. The van der Waals surface area contributed by atoms with Gasteiger partial charge in [-0.3, -0.25) is 14.9 Å². The molecule has 0 radical (unpaired) electrons. The number of carbonyl (C=O) groups excluding carboxylic acids is 2. The number of hydrogen-bond acceptors (Lipinski definition) is 7. The molecule has 230 valence electrons. The molecule has 0 saturated carbocycles. The minimum atomic E-state index is -1.18. The smallest absolute Gasteiger partial charge is 0.410 e. The zero-order valence-corrected chi connectivity index (χ0v) is 24.7. The van der Waals surface area contributed by atoms with Crippen LogP contribution in [0.1, 0.15) is 34.3 Å². The van der Waals surface area contributed by atoms with Crippen molar-refractivity contribution in [3.05, 3.63) is 124 Å². The van der Waals surface area contributed by atoms with Gasteiger partial charge in [-0.2, -0.15) is 0 Å². The van der Waals surface area contributed by atoms with Crippen molar-refractivity contribution in [3.8, 4) is 0 Å². The van der Waals surface area contributed by atoms with E-state index in [0.29, 0.717) is 30.8 Å². The van der Waals surface area contributed by atoms with Crippen LogP contribution in [0.3, 0.4) is 0 Å². The molecular formula is C34H38N4O6. The summed E-state index contributed by atoms with van der Waals surface area (Å²) in [7, 11) is 0. The molecule has 2 aliphatic heterocycles. The highest BCUT2D eigenvalue weighted by Gasteiger charge is 2.48. The average Bonchev–Trinajstić information content (AvgIpc) is 3.40. The normalized spacial score (nSPS) is 20.7. The summed E-state index contributed by atoms with van der Waals surface area (Å²) in [6.07, 6.45) is 2.68. The van der Waals surface area contributed by atoms with Crippen molar-refractivity contribution in [2.24, 2.45) is 5.92 Å². The van der Waals surface area contributed by atoms with E-state index >= 15 is 0 Å². The summed E-state index contributed by atoms with van der Waals surface area (Å²) in [6, 6.07) is 24.6. The molecule has 2 heterocycles. The van der Waals surface area contributed by atoms with Crippen LogP contribution in [0.5, 0.6) is 0 Å². The number of nitro groups is 1. The van der Waals surface area contributed by atoms with Crippen LogP contribution < -0.4 is 0 Å². The topological polar surface area (TPSA) is 116 Å². The number of benzene rings is 3. The van der Waals surface area contributed by atoms with Gasteiger partial charge in [0.25, 0.3) is 11.6 Å². The number of piperidine rings is 1. The molecule has 2 fully saturated rings. The Labute approximate surface area is 257 Å². The number of β-amino-alcohol motifs (C(OH)–C–C–N with tert-alkyl or cyclic N) is 1. The van der Waals surface area contributed by atoms with Crippen molar-refractivity contribution in [1.82, 2.24) is 14.7 Å². The molecule has 44 heavy (non-hydrogen) atoms. The first-order chi connectivity index (χ1) is 21.3. The number of amides is 2. The van der Waals surface area contributed by atoms with E-state index in [2.05, 4.69) is 11.5 Å². The van der Waals surface area contributed by atoms with Gasteiger partial charge >= 0.3 is 6.09 Å². The Morgan fingerprint density at radius 3 is 2.27 bits per heavy atom. The van der Waals surface area contributed by atoms with Gasteiger partial charge in [0.15, 0.2) is 0 Å². The van der Waals surface area contributed by atoms with Crippen LogP contribution in [0.15, 0.2) is 97.6 Å². The Morgan fingerprint density at radius 1 is 1.02 bits per heavy atom. The highest BCUT2D eigenvalue weighted by Crippen LogP contribution is 2.38. The van der Waals surface area contributed by atoms with E-state index in [1.165, 1.54) is 12.1 Å². The molecule has 2 aliphatic rings. The van der Waals surface area contributed by atoms with Crippen molar-refractivity contribution in [2.75, 3.05) is 39.3 Å². The molecule has 10 heteroatoms. The lowest BCUT2D eigenvalue weighted by Gasteiger charge is -2.40. The van der Waals surface area contributed by atoms with Crippen molar-refractivity contribution in [2.45, 2.75) is 31.1 Å². The minimum absolute atomic E-state index is 0.0151. The number of aliphatic hydroxyl groups is 1. The average molecular weight is 599 g/mol. The van der Waals surface area contributed by atoms with E-state index in [-0.39, 0.29) is 36.7 Å². The van der Waals surface area contributed by atoms with Crippen molar-refractivity contribution < 1.29 is 24.4 Å². The zero-order chi connectivity index (χ0) is 31.1. The second kappa shape index (κ2) is 13.8. The van der Waals surface area contributed by atoms with E-state index in [0.717, 1.165) is 31.5 Å². The van der Waals surface area contributed by atoms with E-state index in [4.69, 9.17) is 4.74 Å². The van der Waals surface area contributed by atoms with E-state index in [9.17, 15) is 24.8 Å². The second-order valence-corrected chi connectivity index (χ2v) is 11.5. The standard InChI is InChI=1S/C34H38N4O6/c1-2-19-37(33(40)44-24-26-13-15-31(16-14-26)38(42)43)30-17-20-35(21-18-30)22-29-23-36(32(39)27-9-5-3-6-10-27)25-34(29,41)28-11-7-4-8-12-28/h2-16,29-30,41H,1,17-25H2/t29-,34-/m1/s1. The van der Waals surface area contributed by atoms with Gasteiger partial charge in [-0.1, -0.05) is 54.6 Å². The van der Waals surface area contributed by atoms with Gasteiger partial charge in [-0.25, -0.2) is 4.79 Å². The molecule has 3 aromatic rings. The van der Waals surface area contributed by atoms with Gasteiger partial charge in [0, 0.05) is 62.4 Å². The molecule has 0 bridgehead atoms. The molecule has 0 aliphatic carbocycles. The maximum absolute atomic E-state index is 13.3. The lowest BCUT2D eigenvalue weighted by molar-refractivity contribution is -0.384. The molecule has 5 rings (SSSR count). The summed E-state index contributed by atoms with van der Waals surface area (Å²) in [5, 5.41) is 23.0. The summed E-state index contributed by atoms with van der Waals surface area (Å²) >= 11 is 0. The van der Waals surface area contributed by atoms with Crippen molar-refractivity contribution >= 4 is 17.7 Å². The van der Waals surface area contributed by atoms with Crippen LogP contribution in [0.4, 0.5) is 10.5 Å². The molecule has 0 unspecified atom stereocenters. The fourth-order valence-corrected chi connectivity index (χ4v) is 6.26. The molecule has 0 spiro atoms. The Bertz CT molecular complexity index is 1440. The molecule has 2 saturated heterocycles. The number of rotatable bonds is 10. The van der Waals surface area contributed by atoms with Crippen LogP contribution in [-0.2, 0) is 16.9 Å². The van der Waals surface area contributed by atoms with Crippen LogP contribution in [0.2, 0.25) is 0 Å². The number of likely N-dealkylation sites (tertiary alicyclic amines) is 2.